The fraction of sp³-hybridized carbons (Fsp3) is 0.409. The Bertz CT molecular complexity index is 748. The Labute approximate surface area is 161 Å². The lowest BCUT2D eigenvalue weighted by molar-refractivity contribution is -0.116. The second kappa shape index (κ2) is 9.42. The molecule has 1 aliphatic rings. The van der Waals surface area contributed by atoms with Crippen molar-refractivity contribution in [1.82, 2.24) is 0 Å². The summed E-state index contributed by atoms with van der Waals surface area (Å²) >= 11 is 0. The van der Waals surface area contributed by atoms with Gasteiger partial charge in [-0.25, -0.2) is 0 Å². The molecule has 2 aromatic carbocycles. The van der Waals surface area contributed by atoms with E-state index < -0.39 is 0 Å². The van der Waals surface area contributed by atoms with Crippen LogP contribution >= 0.6 is 0 Å². The van der Waals surface area contributed by atoms with Crippen molar-refractivity contribution in [3.8, 4) is 11.5 Å². The highest BCUT2D eigenvalue weighted by Gasteiger charge is 2.14. The van der Waals surface area contributed by atoms with Crippen LogP contribution in [0.25, 0.3) is 0 Å². The number of anilines is 1. The molecule has 0 unspecified atom stereocenters. The molecular weight excluding hydrogens is 342 g/mol. The summed E-state index contributed by atoms with van der Waals surface area (Å²) in [6.07, 6.45) is 1.17. The maximum atomic E-state index is 12.2. The number of carbonyl (C=O) groups excluding carboxylic acids is 1. The second-order valence-corrected chi connectivity index (χ2v) is 7.35. The van der Waals surface area contributed by atoms with Crippen molar-refractivity contribution < 1.29 is 19.4 Å². The first kappa shape index (κ1) is 20.8. The van der Waals surface area contributed by atoms with Crippen molar-refractivity contribution in [2.45, 2.75) is 39.0 Å². The molecule has 0 aliphatic carbocycles. The smallest absolute Gasteiger partial charge is 0.224 e. The number of rotatable bonds is 4. The maximum absolute atomic E-state index is 12.2. The molecule has 1 heterocycles. The van der Waals surface area contributed by atoms with Crippen molar-refractivity contribution in [2.75, 3.05) is 25.6 Å². The lowest BCUT2D eigenvalue weighted by Gasteiger charge is -2.19. The molecule has 2 N–H and O–H groups in total. The molecule has 0 fully saturated rings. The Morgan fingerprint density at radius 3 is 2.26 bits per heavy atom. The zero-order valence-electron chi connectivity index (χ0n) is 16.5. The average molecular weight is 371 g/mol. The van der Waals surface area contributed by atoms with E-state index in [1.807, 2.05) is 18.2 Å². The second-order valence-electron chi connectivity index (χ2n) is 7.35. The van der Waals surface area contributed by atoms with Gasteiger partial charge in [-0.1, -0.05) is 45.0 Å². The molecule has 0 saturated carbocycles. The molecular formula is C22H29NO4. The van der Waals surface area contributed by atoms with Gasteiger partial charge in [-0.15, -0.1) is 0 Å². The lowest BCUT2D eigenvalue weighted by atomic mass is 9.86. The highest BCUT2D eigenvalue weighted by atomic mass is 16.6. The molecule has 0 bridgehead atoms. The number of nitrogens with one attached hydrogen (secondary N) is 1. The molecule has 0 radical (unpaired) electrons. The van der Waals surface area contributed by atoms with Crippen LogP contribution in [0.4, 0.5) is 5.69 Å². The molecule has 0 aromatic heterocycles. The summed E-state index contributed by atoms with van der Waals surface area (Å²) in [4.78, 5) is 12.2. The SMILES string of the molecule is CC(C)(C)c1ccc(CCC(=O)Nc2ccc3c(c2)OCCO3)cc1.CO. The first-order chi connectivity index (χ1) is 12.9. The third-order valence-electron chi connectivity index (χ3n) is 4.29. The molecule has 1 amide bonds. The normalized spacial score (nSPS) is 12.6. The third-order valence-corrected chi connectivity index (χ3v) is 4.29. The highest BCUT2D eigenvalue weighted by Crippen LogP contribution is 2.32. The van der Waals surface area contributed by atoms with E-state index in [9.17, 15) is 4.79 Å². The summed E-state index contributed by atoms with van der Waals surface area (Å²) in [6, 6.07) is 14.0. The Kier molecular flexibility index (Phi) is 7.25. The molecule has 0 atom stereocenters. The summed E-state index contributed by atoms with van der Waals surface area (Å²) < 4.78 is 11.0. The van der Waals surface area contributed by atoms with Gasteiger partial charge in [-0.05, 0) is 35.1 Å². The van der Waals surface area contributed by atoms with Gasteiger partial charge < -0.3 is 19.9 Å². The van der Waals surface area contributed by atoms with Gasteiger partial charge in [0.05, 0.1) is 0 Å². The van der Waals surface area contributed by atoms with Crippen LogP contribution in [0.2, 0.25) is 0 Å². The van der Waals surface area contributed by atoms with Crippen molar-refractivity contribution in [1.29, 1.82) is 0 Å². The summed E-state index contributed by atoms with van der Waals surface area (Å²) in [6.45, 7) is 7.69. The van der Waals surface area contributed by atoms with E-state index in [4.69, 9.17) is 14.6 Å². The number of fused-ring (bicyclic) bond motifs is 1. The molecule has 5 heteroatoms. The zero-order chi connectivity index (χ0) is 19.9. The van der Waals surface area contributed by atoms with Crippen LogP contribution in [0, 0.1) is 0 Å². The van der Waals surface area contributed by atoms with Gasteiger partial charge in [0.2, 0.25) is 5.91 Å². The zero-order valence-corrected chi connectivity index (χ0v) is 16.5. The van der Waals surface area contributed by atoms with Gasteiger partial charge in [0.15, 0.2) is 11.5 Å². The van der Waals surface area contributed by atoms with Gasteiger partial charge in [-0.3, -0.25) is 4.79 Å². The summed E-state index contributed by atoms with van der Waals surface area (Å²) in [7, 11) is 1.00. The monoisotopic (exact) mass is 371 g/mol. The molecule has 0 saturated heterocycles. The fourth-order valence-corrected chi connectivity index (χ4v) is 2.77. The van der Waals surface area contributed by atoms with E-state index in [0.29, 0.717) is 25.4 Å². The lowest BCUT2D eigenvalue weighted by Crippen LogP contribution is -2.16. The fourth-order valence-electron chi connectivity index (χ4n) is 2.77. The molecule has 27 heavy (non-hydrogen) atoms. The third kappa shape index (κ3) is 6.00. The van der Waals surface area contributed by atoms with Crippen LogP contribution in [0.15, 0.2) is 42.5 Å². The molecule has 0 spiro atoms. The summed E-state index contributed by atoms with van der Waals surface area (Å²) in [5, 5.41) is 9.92. The quantitative estimate of drug-likeness (QED) is 0.854. The van der Waals surface area contributed by atoms with Crippen LogP contribution in [-0.4, -0.2) is 31.3 Å². The van der Waals surface area contributed by atoms with Crippen molar-refractivity contribution in [3.05, 3.63) is 53.6 Å². The number of ether oxygens (including phenoxy) is 2. The molecule has 5 nitrogen and oxygen atoms in total. The Morgan fingerprint density at radius 1 is 1.00 bits per heavy atom. The highest BCUT2D eigenvalue weighted by molar-refractivity contribution is 5.91. The van der Waals surface area contributed by atoms with Crippen molar-refractivity contribution in [2.24, 2.45) is 0 Å². The van der Waals surface area contributed by atoms with Gasteiger partial charge in [0.25, 0.3) is 0 Å². The summed E-state index contributed by atoms with van der Waals surface area (Å²) in [5.74, 6) is 1.40. The van der Waals surface area contributed by atoms with E-state index in [1.165, 1.54) is 11.1 Å². The molecule has 2 aromatic rings. The molecule has 146 valence electrons. The maximum Gasteiger partial charge on any atom is 0.224 e. The number of carbonyl (C=O) groups is 1. The van der Waals surface area contributed by atoms with E-state index in [2.05, 4.69) is 50.4 Å². The Hall–Kier alpha value is -2.53. The van der Waals surface area contributed by atoms with Crippen molar-refractivity contribution >= 4 is 11.6 Å². The van der Waals surface area contributed by atoms with Crippen molar-refractivity contribution in [3.63, 3.8) is 0 Å². The molecule has 3 rings (SSSR count). The topological polar surface area (TPSA) is 67.8 Å². The number of benzene rings is 2. The first-order valence-corrected chi connectivity index (χ1v) is 9.15. The van der Waals surface area contributed by atoms with Crippen LogP contribution in [0.1, 0.15) is 38.3 Å². The number of aliphatic hydroxyl groups is 1. The number of amides is 1. The first-order valence-electron chi connectivity index (χ1n) is 9.15. The van der Waals surface area contributed by atoms with E-state index >= 15 is 0 Å². The van der Waals surface area contributed by atoms with E-state index in [1.54, 1.807) is 0 Å². The van der Waals surface area contributed by atoms with Crippen LogP contribution in [0.3, 0.4) is 0 Å². The van der Waals surface area contributed by atoms with Gasteiger partial charge >= 0.3 is 0 Å². The van der Waals surface area contributed by atoms with E-state index in [0.717, 1.165) is 25.0 Å². The van der Waals surface area contributed by atoms with Gasteiger partial charge in [0.1, 0.15) is 13.2 Å². The number of hydrogen-bond acceptors (Lipinski definition) is 4. The van der Waals surface area contributed by atoms with Crippen LogP contribution < -0.4 is 14.8 Å². The molecule has 1 aliphatic heterocycles. The van der Waals surface area contributed by atoms with Gasteiger partial charge in [-0.2, -0.15) is 0 Å². The van der Waals surface area contributed by atoms with E-state index in [-0.39, 0.29) is 11.3 Å². The van der Waals surface area contributed by atoms with Crippen LogP contribution in [0.5, 0.6) is 11.5 Å². The number of hydrogen-bond donors (Lipinski definition) is 2. The average Bonchev–Trinajstić information content (AvgIpc) is 2.67. The summed E-state index contributed by atoms with van der Waals surface area (Å²) in [5.41, 5.74) is 3.35. The minimum Gasteiger partial charge on any atom is -0.486 e. The van der Waals surface area contributed by atoms with Gasteiger partial charge in [0, 0.05) is 25.3 Å². The number of aryl methyl sites for hydroxylation is 1. The predicted octanol–water partition coefficient (Wildman–Crippen LogP) is 3.94. The standard InChI is InChI=1S/C21H25NO3.CH4O/c1-21(2,3)16-7-4-15(5-8-16)6-11-20(23)22-17-9-10-18-19(14-17)25-13-12-24-18;1-2/h4-5,7-10,14H,6,11-13H2,1-3H3,(H,22,23);2H,1H3. The minimum absolute atomic E-state index is 0.00317. The predicted molar refractivity (Wildman–Crippen MR) is 108 cm³/mol. The van der Waals surface area contributed by atoms with Crippen LogP contribution in [-0.2, 0) is 16.6 Å². The largest absolute Gasteiger partial charge is 0.486 e. The Morgan fingerprint density at radius 2 is 1.63 bits per heavy atom. The Balaban J connectivity index is 0.00000126. The number of aliphatic hydroxyl groups excluding tert-OH is 1. The minimum atomic E-state index is -0.00317.